The van der Waals surface area contributed by atoms with Gasteiger partial charge >= 0.3 is 6.03 Å². The molecule has 3 heterocycles. The van der Waals surface area contributed by atoms with Crippen molar-refractivity contribution in [3.8, 4) is 22.7 Å². The minimum Gasteiger partial charge on any atom is -0.421 e. The minimum atomic E-state index is -3.30. The van der Waals surface area contributed by atoms with Crippen LogP contribution in [-0.2, 0) is 6.42 Å². The second-order valence-corrected chi connectivity index (χ2v) is 6.56. The molecule has 0 aliphatic carbocycles. The van der Waals surface area contributed by atoms with Crippen LogP contribution in [0.4, 0.5) is 23.7 Å². The quantitative estimate of drug-likeness (QED) is 0.445. The first-order valence-corrected chi connectivity index (χ1v) is 9.34. The molecule has 0 aliphatic heterocycles. The van der Waals surface area contributed by atoms with Crippen molar-refractivity contribution in [2.75, 3.05) is 5.32 Å². The molecule has 11 heteroatoms. The van der Waals surface area contributed by atoms with Gasteiger partial charge in [0.05, 0.1) is 11.9 Å². The fraction of sp³-hybridized carbons (Fsp3) is 0.200. The van der Waals surface area contributed by atoms with Crippen LogP contribution < -0.4 is 10.6 Å². The first-order valence-electron chi connectivity index (χ1n) is 9.34. The number of hydrogen-bond acceptors (Lipinski definition) is 5. The van der Waals surface area contributed by atoms with E-state index in [-0.39, 0.29) is 0 Å². The lowest BCUT2D eigenvalue weighted by Crippen LogP contribution is -2.39. The third kappa shape index (κ3) is 4.34. The summed E-state index contributed by atoms with van der Waals surface area (Å²) < 4.78 is 44.9. The number of aryl methyl sites for hydroxylation is 1. The van der Waals surface area contributed by atoms with Crippen LogP contribution in [0, 0.1) is 0 Å². The van der Waals surface area contributed by atoms with Gasteiger partial charge in [-0.05, 0) is 24.3 Å². The van der Waals surface area contributed by atoms with E-state index in [0.717, 1.165) is 11.3 Å². The van der Waals surface area contributed by atoms with Gasteiger partial charge < -0.3 is 15.1 Å². The van der Waals surface area contributed by atoms with Gasteiger partial charge in [0, 0.05) is 29.4 Å². The Bertz CT molecular complexity index is 1220. The summed E-state index contributed by atoms with van der Waals surface area (Å²) in [6.45, 7) is 1.92. The number of pyridine rings is 1. The highest BCUT2D eigenvalue weighted by Crippen LogP contribution is 2.26. The maximum atomic E-state index is 13.0. The molecule has 1 aromatic carbocycles. The molecule has 0 saturated carbocycles. The minimum absolute atomic E-state index is 0.306. The van der Waals surface area contributed by atoms with Crippen molar-refractivity contribution in [1.29, 1.82) is 0 Å². The van der Waals surface area contributed by atoms with Crippen LogP contribution in [0.5, 0.6) is 0 Å². The van der Waals surface area contributed by atoms with Crippen LogP contribution in [0.3, 0.4) is 0 Å². The second-order valence-electron chi connectivity index (χ2n) is 6.56. The van der Waals surface area contributed by atoms with Gasteiger partial charge in [0.2, 0.25) is 18.1 Å². The number of fused-ring (bicyclic) bond motifs is 1. The van der Waals surface area contributed by atoms with Crippen LogP contribution in [0.2, 0.25) is 0 Å². The summed E-state index contributed by atoms with van der Waals surface area (Å²) in [7, 11) is 0. The van der Waals surface area contributed by atoms with Crippen LogP contribution >= 0.6 is 0 Å². The predicted octanol–water partition coefficient (Wildman–Crippen LogP) is 4.30. The molecule has 160 valence electrons. The monoisotopic (exact) mass is 430 g/mol. The molecule has 4 aromatic rings. The predicted molar refractivity (Wildman–Crippen MR) is 106 cm³/mol. The smallest absolute Gasteiger partial charge is 0.321 e. The molecule has 31 heavy (non-hydrogen) atoms. The molecule has 0 fully saturated rings. The van der Waals surface area contributed by atoms with E-state index in [4.69, 9.17) is 4.42 Å². The average Bonchev–Trinajstić information content (AvgIpc) is 3.40. The summed E-state index contributed by atoms with van der Waals surface area (Å²) in [5, 5.41) is 11.9. The van der Waals surface area contributed by atoms with Gasteiger partial charge in [-0.15, -0.1) is 10.2 Å². The van der Waals surface area contributed by atoms with Crippen LogP contribution in [0.15, 0.2) is 53.2 Å². The van der Waals surface area contributed by atoms with Crippen LogP contribution in [0.25, 0.3) is 28.4 Å². The lowest BCUT2D eigenvalue weighted by molar-refractivity contribution is 0.0380. The van der Waals surface area contributed by atoms with Gasteiger partial charge in [-0.1, -0.05) is 19.1 Å². The van der Waals surface area contributed by atoms with Crippen LogP contribution in [0.1, 0.15) is 12.8 Å². The molecule has 3 aromatic heterocycles. The van der Waals surface area contributed by atoms with E-state index >= 15 is 0 Å². The summed E-state index contributed by atoms with van der Waals surface area (Å²) in [5.74, 6) is 0.941. The third-order valence-electron chi connectivity index (χ3n) is 4.44. The summed E-state index contributed by atoms with van der Waals surface area (Å²) in [5.41, 5.74) is 3.10. The standard InChI is InChI=1S/C20H17F3N6O2/c1-2-16-27-28-19(31-16)12-6-7-29-14(10-24-15(29)9-12)11-4-3-5-13(8-11)25-20(30)26-18(23)17(21)22/h3-10,17-18H,2H2,1H3,(H2,25,26,30). The number of anilines is 1. The highest BCUT2D eigenvalue weighted by atomic mass is 19.3. The largest absolute Gasteiger partial charge is 0.421 e. The number of benzene rings is 1. The molecule has 4 rings (SSSR count). The SMILES string of the molecule is CCc1nnc(-c2ccn3c(-c4cccc(NC(=O)NC(F)C(F)F)c4)cnc3c2)o1. The lowest BCUT2D eigenvalue weighted by atomic mass is 10.1. The van der Waals surface area contributed by atoms with Crippen molar-refractivity contribution < 1.29 is 22.4 Å². The first kappa shape index (κ1) is 20.4. The van der Waals surface area contributed by atoms with E-state index < -0.39 is 18.8 Å². The zero-order chi connectivity index (χ0) is 22.0. The van der Waals surface area contributed by atoms with Gasteiger partial charge in [0.25, 0.3) is 6.43 Å². The van der Waals surface area contributed by atoms with E-state index in [0.29, 0.717) is 35.1 Å². The van der Waals surface area contributed by atoms with Gasteiger partial charge in [-0.2, -0.15) is 0 Å². The number of nitrogens with one attached hydrogen (secondary N) is 2. The van der Waals surface area contributed by atoms with E-state index in [1.165, 1.54) is 5.32 Å². The molecule has 0 bridgehead atoms. The van der Waals surface area contributed by atoms with E-state index in [9.17, 15) is 18.0 Å². The van der Waals surface area contributed by atoms with Gasteiger partial charge in [-0.3, -0.25) is 4.40 Å². The zero-order valence-corrected chi connectivity index (χ0v) is 16.2. The Morgan fingerprint density at radius 3 is 2.74 bits per heavy atom. The summed E-state index contributed by atoms with van der Waals surface area (Å²) in [6.07, 6.45) is -1.97. The van der Waals surface area contributed by atoms with E-state index in [1.807, 2.05) is 17.4 Å². The van der Waals surface area contributed by atoms with Gasteiger partial charge in [-0.25, -0.2) is 22.9 Å². The number of halogens is 3. The number of carbonyl (C=O) groups is 1. The Kier molecular flexibility index (Phi) is 5.56. The Labute approximate surface area is 174 Å². The number of urea groups is 1. The highest BCUT2D eigenvalue weighted by Gasteiger charge is 2.21. The molecule has 0 spiro atoms. The number of amides is 2. The van der Waals surface area contributed by atoms with Crippen molar-refractivity contribution in [2.24, 2.45) is 0 Å². The molecular weight excluding hydrogens is 413 g/mol. The second kappa shape index (κ2) is 8.46. The van der Waals surface area contributed by atoms with Gasteiger partial charge in [0.1, 0.15) is 5.65 Å². The number of aromatic nitrogens is 4. The maximum Gasteiger partial charge on any atom is 0.321 e. The number of rotatable bonds is 6. The van der Waals surface area contributed by atoms with Crippen LogP contribution in [-0.4, -0.2) is 38.3 Å². The summed E-state index contributed by atoms with van der Waals surface area (Å²) in [4.78, 5) is 16.1. The summed E-state index contributed by atoms with van der Waals surface area (Å²) >= 11 is 0. The molecular formula is C20H17F3N6O2. The zero-order valence-electron chi connectivity index (χ0n) is 16.2. The maximum absolute atomic E-state index is 13.0. The molecule has 0 aliphatic rings. The molecule has 2 amide bonds. The van der Waals surface area contributed by atoms with Crippen molar-refractivity contribution in [1.82, 2.24) is 24.9 Å². The Balaban J connectivity index is 1.57. The fourth-order valence-corrected chi connectivity index (χ4v) is 2.95. The normalized spacial score (nSPS) is 12.3. The fourth-order valence-electron chi connectivity index (χ4n) is 2.95. The average molecular weight is 430 g/mol. The van der Waals surface area contributed by atoms with E-state index in [2.05, 4.69) is 20.5 Å². The lowest BCUT2D eigenvalue weighted by Gasteiger charge is -2.11. The number of imidazole rings is 1. The molecule has 0 saturated heterocycles. The van der Waals surface area contributed by atoms with Crippen molar-refractivity contribution in [3.05, 3.63) is 54.7 Å². The van der Waals surface area contributed by atoms with Crippen molar-refractivity contribution in [3.63, 3.8) is 0 Å². The van der Waals surface area contributed by atoms with Crippen molar-refractivity contribution in [2.45, 2.75) is 26.1 Å². The van der Waals surface area contributed by atoms with Gasteiger partial charge in [0.15, 0.2) is 0 Å². The van der Waals surface area contributed by atoms with Crippen molar-refractivity contribution >= 4 is 17.4 Å². The molecule has 2 N–H and O–H groups in total. The first-order chi connectivity index (χ1) is 14.9. The number of alkyl halides is 3. The van der Waals surface area contributed by atoms with E-state index in [1.54, 1.807) is 42.7 Å². The highest BCUT2D eigenvalue weighted by molar-refractivity contribution is 5.90. The topological polar surface area (TPSA) is 97.3 Å². The Morgan fingerprint density at radius 1 is 1.16 bits per heavy atom. The summed E-state index contributed by atoms with van der Waals surface area (Å²) in [6, 6.07) is 9.19. The molecule has 0 radical (unpaired) electrons. The Hall–Kier alpha value is -3.89. The molecule has 1 unspecified atom stereocenters. The number of nitrogens with zero attached hydrogens (tertiary/aromatic N) is 4. The number of hydrogen-bond donors (Lipinski definition) is 2. The number of carbonyl (C=O) groups excluding carboxylic acids is 1. The molecule has 1 atom stereocenters. The molecule has 8 nitrogen and oxygen atoms in total. The Morgan fingerprint density at radius 2 is 2.00 bits per heavy atom. The third-order valence-corrected chi connectivity index (χ3v) is 4.44.